The Kier molecular flexibility index (Phi) is 4.11. The van der Waals surface area contributed by atoms with Crippen LogP contribution in [0.4, 0.5) is 0 Å². The van der Waals surface area contributed by atoms with Crippen molar-refractivity contribution in [1.29, 1.82) is 0 Å². The molecule has 1 fully saturated rings. The Morgan fingerprint density at radius 1 is 1.73 bits per heavy atom. The molecule has 0 bridgehead atoms. The average Bonchev–Trinajstić information content (AvgIpc) is 2.47. The van der Waals surface area contributed by atoms with Gasteiger partial charge in [-0.05, 0) is 16.1 Å². The number of hydrogen-bond acceptors (Lipinski definition) is 2. The van der Waals surface area contributed by atoms with Gasteiger partial charge in [0.2, 0.25) is 0 Å². The fourth-order valence-electron chi connectivity index (χ4n) is 1.03. The van der Waals surface area contributed by atoms with Gasteiger partial charge in [0, 0.05) is 0 Å². The van der Waals surface area contributed by atoms with Crippen LogP contribution in [0.25, 0.3) is 0 Å². The van der Waals surface area contributed by atoms with Gasteiger partial charge in [0.05, 0.1) is 19.3 Å². The predicted molar refractivity (Wildman–Crippen MR) is 52.7 cm³/mol. The van der Waals surface area contributed by atoms with Gasteiger partial charge in [-0.1, -0.05) is 34.7 Å². The monoisotopic (exact) mass is 266 g/mol. The lowest BCUT2D eigenvalue weighted by atomic mass is 10.1. The van der Waals surface area contributed by atoms with Crippen molar-refractivity contribution >= 4 is 22.6 Å². The van der Waals surface area contributed by atoms with Gasteiger partial charge in [0.15, 0.2) is 0 Å². The van der Waals surface area contributed by atoms with E-state index in [1.54, 1.807) is 6.08 Å². The van der Waals surface area contributed by atoms with Crippen LogP contribution >= 0.6 is 22.6 Å². The zero-order valence-electron chi connectivity index (χ0n) is 6.16. The minimum absolute atomic E-state index is 0.0917. The molecule has 1 unspecified atom stereocenters. The molecule has 1 heterocycles. The van der Waals surface area contributed by atoms with E-state index in [9.17, 15) is 0 Å². The smallest absolute Gasteiger partial charge is 0.0975 e. The zero-order chi connectivity index (χ0) is 8.10. The quantitative estimate of drug-likeness (QED) is 0.608. The topological polar surface area (TPSA) is 29.5 Å². The molecule has 1 N–H and O–H groups in total. The maximum absolute atomic E-state index is 8.52. The molecule has 2 nitrogen and oxygen atoms in total. The van der Waals surface area contributed by atoms with Crippen molar-refractivity contribution in [2.75, 3.05) is 13.2 Å². The number of hydrogen-bond donors (Lipinski definition) is 1. The van der Waals surface area contributed by atoms with E-state index >= 15 is 0 Å². The van der Waals surface area contributed by atoms with Crippen molar-refractivity contribution in [2.24, 2.45) is 0 Å². The SMILES string of the molecule is OC/C=C/C1OCC/C1=C\I. The summed E-state index contributed by atoms with van der Waals surface area (Å²) in [7, 11) is 0. The first kappa shape index (κ1) is 9.22. The van der Waals surface area contributed by atoms with E-state index in [0.29, 0.717) is 0 Å². The second-order valence-corrected chi connectivity index (χ2v) is 2.96. The minimum Gasteiger partial charge on any atom is -0.392 e. The molecule has 0 aliphatic carbocycles. The van der Waals surface area contributed by atoms with Crippen molar-refractivity contribution < 1.29 is 9.84 Å². The molecule has 0 radical (unpaired) electrons. The molecule has 1 saturated heterocycles. The van der Waals surface area contributed by atoms with E-state index < -0.39 is 0 Å². The van der Waals surface area contributed by atoms with Gasteiger partial charge in [-0.2, -0.15) is 0 Å². The van der Waals surface area contributed by atoms with Gasteiger partial charge < -0.3 is 9.84 Å². The van der Waals surface area contributed by atoms with Gasteiger partial charge in [0.1, 0.15) is 0 Å². The highest BCUT2D eigenvalue weighted by molar-refractivity contribution is 14.1. The highest BCUT2D eigenvalue weighted by Crippen LogP contribution is 2.21. The molecule has 1 aliphatic rings. The number of aliphatic hydroxyl groups is 1. The first-order chi connectivity index (χ1) is 5.38. The molecule has 1 atom stereocenters. The number of rotatable bonds is 2. The van der Waals surface area contributed by atoms with Crippen LogP contribution < -0.4 is 0 Å². The zero-order valence-corrected chi connectivity index (χ0v) is 8.32. The van der Waals surface area contributed by atoms with Crippen LogP contribution in [0.2, 0.25) is 0 Å². The van der Waals surface area contributed by atoms with E-state index in [-0.39, 0.29) is 12.7 Å². The van der Waals surface area contributed by atoms with E-state index in [1.807, 2.05) is 6.08 Å². The third-order valence-electron chi connectivity index (χ3n) is 1.61. The predicted octanol–water partition coefficient (Wildman–Crippen LogP) is 1.64. The molecule has 11 heavy (non-hydrogen) atoms. The summed E-state index contributed by atoms with van der Waals surface area (Å²) in [5, 5.41) is 8.52. The Morgan fingerprint density at radius 3 is 3.18 bits per heavy atom. The summed E-state index contributed by atoms with van der Waals surface area (Å²) in [5.74, 6) is 0. The average molecular weight is 266 g/mol. The van der Waals surface area contributed by atoms with Crippen molar-refractivity contribution in [3.8, 4) is 0 Å². The third-order valence-corrected chi connectivity index (χ3v) is 2.41. The molecule has 0 amide bonds. The fraction of sp³-hybridized carbons (Fsp3) is 0.500. The van der Waals surface area contributed by atoms with Gasteiger partial charge in [-0.15, -0.1) is 0 Å². The molecule has 0 aromatic rings. The largest absolute Gasteiger partial charge is 0.392 e. The van der Waals surface area contributed by atoms with Crippen LogP contribution in [0, 0.1) is 0 Å². The maximum Gasteiger partial charge on any atom is 0.0975 e. The Labute approximate surface area is 80.1 Å². The molecule has 3 heteroatoms. The molecule has 0 spiro atoms. The third kappa shape index (κ3) is 2.57. The lowest BCUT2D eigenvalue weighted by molar-refractivity contribution is 0.156. The van der Waals surface area contributed by atoms with Crippen LogP contribution in [-0.4, -0.2) is 24.4 Å². The van der Waals surface area contributed by atoms with Gasteiger partial charge >= 0.3 is 0 Å². The molecule has 1 aliphatic heterocycles. The molecule has 0 saturated carbocycles. The van der Waals surface area contributed by atoms with Crippen molar-refractivity contribution in [3.05, 3.63) is 21.8 Å². The molecule has 0 aromatic heterocycles. The van der Waals surface area contributed by atoms with Crippen molar-refractivity contribution in [3.63, 3.8) is 0 Å². The Hall–Kier alpha value is 0.130. The molecular formula is C8H11IO2. The van der Waals surface area contributed by atoms with E-state index in [0.717, 1.165) is 13.0 Å². The summed E-state index contributed by atoms with van der Waals surface area (Å²) >= 11 is 2.22. The van der Waals surface area contributed by atoms with Crippen LogP contribution in [0.3, 0.4) is 0 Å². The summed E-state index contributed by atoms with van der Waals surface area (Å²) in [5.41, 5.74) is 1.30. The normalized spacial score (nSPS) is 28.9. The first-order valence-electron chi connectivity index (χ1n) is 3.56. The van der Waals surface area contributed by atoms with Gasteiger partial charge in [-0.3, -0.25) is 0 Å². The summed E-state index contributed by atoms with van der Waals surface area (Å²) in [6.45, 7) is 0.893. The summed E-state index contributed by atoms with van der Waals surface area (Å²) in [6.07, 6.45) is 4.75. The molecular weight excluding hydrogens is 255 g/mol. The number of ether oxygens (including phenoxy) is 1. The van der Waals surface area contributed by atoms with Crippen LogP contribution in [0.5, 0.6) is 0 Å². The summed E-state index contributed by atoms with van der Waals surface area (Å²) in [4.78, 5) is 0. The highest BCUT2D eigenvalue weighted by atomic mass is 127. The van der Waals surface area contributed by atoms with Crippen LogP contribution in [-0.2, 0) is 4.74 Å². The van der Waals surface area contributed by atoms with Gasteiger partial charge in [-0.25, -0.2) is 0 Å². The Bertz CT molecular complexity index is 175. The molecule has 1 rings (SSSR count). The lowest BCUT2D eigenvalue weighted by Crippen LogP contribution is -2.02. The summed E-state index contributed by atoms with van der Waals surface area (Å²) in [6, 6.07) is 0. The summed E-state index contributed by atoms with van der Waals surface area (Å²) < 4.78 is 7.44. The Balaban J connectivity index is 2.50. The van der Waals surface area contributed by atoms with E-state index in [4.69, 9.17) is 9.84 Å². The second kappa shape index (κ2) is 4.90. The fourth-order valence-corrected chi connectivity index (χ4v) is 1.70. The van der Waals surface area contributed by atoms with Crippen LogP contribution in [0.1, 0.15) is 6.42 Å². The maximum atomic E-state index is 8.52. The van der Waals surface area contributed by atoms with Crippen LogP contribution in [0.15, 0.2) is 21.8 Å². The second-order valence-electron chi connectivity index (χ2n) is 2.34. The first-order valence-corrected chi connectivity index (χ1v) is 4.81. The standard InChI is InChI=1S/C8H11IO2/c9-6-7-3-5-11-8(7)2-1-4-10/h1-2,6,8,10H,3-5H2/b2-1+,7-6+. The van der Waals surface area contributed by atoms with Gasteiger partial charge in [0.25, 0.3) is 0 Å². The van der Waals surface area contributed by atoms with E-state index in [2.05, 4.69) is 26.7 Å². The highest BCUT2D eigenvalue weighted by Gasteiger charge is 2.17. The minimum atomic E-state index is 0.0917. The molecule has 62 valence electrons. The number of halogens is 1. The van der Waals surface area contributed by atoms with Crippen molar-refractivity contribution in [1.82, 2.24) is 0 Å². The molecule has 0 aromatic carbocycles. The lowest BCUT2D eigenvalue weighted by Gasteiger charge is -2.03. The number of aliphatic hydroxyl groups excluding tert-OH is 1. The van der Waals surface area contributed by atoms with E-state index in [1.165, 1.54) is 5.57 Å². The van der Waals surface area contributed by atoms with Crippen molar-refractivity contribution in [2.45, 2.75) is 12.5 Å². The Morgan fingerprint density at radius 2 is 2.55 bits per heavy atom.